The van der Waals surface area contributed by atoms with Gasteiger partial charge >= 0.3 is 0 Å². The molecular weight excluding hydrogens is 336 g/mol. The Hall–Kier alpha value is -1.66. The number of hydrogen-bond acceptors (Lipinski definition) is 4. The van der Waals surface area contributed by atoms with Crippen molar-refractivity contribution in [1.29, 1.82) is 0 Å². The third kappa shape index (κ3) is 4.92. The van der Waals surface area contributed by atoms with Crippen LogP contribution in [0.25, 0.3) is 0 Å². The molecule has 1 atom stereocenters. The predicted octanol–water partition coefficient (Wildman–Crippen LogP) is 2.60. The van der Waals surface area contributed by atoms with Crippen LogP contribution in [-0.2, 0) is 14.6 Å². The lowest BCUT2D eigenvalue weighted by molar-refractivity contribution is -0.120. The van der Waals surface area contributed by atoms with E-state index in [1.165, 1.54) is 24.7 Å². The Morgan fingerprint density at radius 1 is 1.04 bits per heavy atom. The highest BCUT2D eigenvalue weighted by atomic mass is 32.2. The number of hydrogen-bond donors (Lipinski definition) is 0. The number of carbonyl (C=O) groups is 1. The summed E-state index contributed by atoms with van der Waals surface area (Å²) in [4.78, 5) is 16.9. The molecule has 6 heteroatoms. The quantitative estimate of drug-likeness (QED) is 0.826. The summed E-state index contributed by atoms with van der Waals surface area (Å²) < 4.78 is 23.7. The van der Waals surface area contributed by atoms with Crippen LogP contribution >= 0.6 is 0 Å². The smallest absolute Gasteiger partial charge is 0.241 e. The maximum atomic E-state index is 13.1. The van der Waals surface area contributed by atoms with E-state index in [2.05, 4.69) is 4.90 Å². The van der Waals surface area contributed by atoms with Crippen LogP contribution in [0.15, 0.2) is 41.8 Å². The van der Waals surface area contributed by atoms with E-state index in [9.17, 15) is 13.2 Å². The number of benzene rings is 1. The summed E-state index contributed by atoms with van der Waals surface area (Å²) in [5, 5.41) is 1.23. The first-order valence-corrected chi connectivity index (χ1v) is 10.8. The molecule has 0 saturated carbocycles. The molecule has 2 heterocycles. The van der Waals surface area contributed by atoms with Gasteiger partial charge in [-0.3, -0.25) is 9.69 Å². The molecule has 0 N–H and O–H groups in total. The molecule has 0 spiro atoms. The molecule has 3 rings (SSSR count). The second kappa shape index (κ2) is 8.15. The summed E-state index contributed by atoms with van der Waals surface area (Å²) in [7, 11) is -3.21. The molecule has 5 nitrogen and oxygen atoms in total. The lowest BCUT2D eigenvalue weighted by Crippen LogP contribution is -2.47. The zero-order chi connectivity index (χ0) is 17.7. The van der Waals surface area contributed by atoms with E-state index in [1.54, 1.807) is 11.0 Å². The molecule has 0 aliphatic carbocycles. The minimum absolute atomic E-state index is 0.0291. The Balaban J connectivity index is 1.76. The molecule has 1 aromatic carbocycles. The van der Waals surface area contributed by atoms with Crippen molar-refractivity contribution >= 4 is 21.4 Å². The first-order valence-electron chi connectivity index (χ1n) is 9.06. The van der Waals surface area contributed by atoms with Crippen LogP contribution < -0.4 is 4.90 Å². The number of para-hydroxylation sites is 1. The first-order chi connectivity index (χ1) is 12.1. The van der Waals surface area contributed by atoms with Crippen molar-refractivity contribution in [2.24, 2.45) is 0 Å². The highest BCUT2D eigenvalue weighted by Crippen LogP contribution is 2.23. The fourth-order valence-corrected chi connectivity index (χ4v) is 4.84. The molecule has 2 aliphatic rings. The van der Waals surface area contributed by atoms with Crippen LogP contribution in [0.1, 0.15) is 32.1 Å². The number of amides is 1. The van der Waals surface area contributed by atoms with Gasteiger partial charge in [-0.05, 0) is 44.1 Å². The first kappa shape index (κ1) is 18.1. The van der Waals surface area contributed by atoms with Gasteiger partial charge in [0.25, 0.3) is 0 Å². The second-order valence-corrected chi connectivity index (χ2v) is 8.80. The number of likely N-dealkylation sites (tertiary alicyclic amines) is 1. The number of carbonyl (C=O) groups excluding carboxylic acids is 1. The molecule has 0 radical (unpaired) electrons. The standard InChI is InChI=1S/C19H26N2O3S/c22-19(15-20-12-7-2-1-3-8-13-20)21(17-9-5-4-6-10-17)18-11-14-25(23,24)16-18/h4-6,9-11,14,18H,1-3,7-8,12-13,15-16H2/t18-/m0/s1. The molecule has 136 valence electrons. The summed E-state index contributed by atoms with van der Waals surface area (Å²) in [6, 6.07) is 8.95. The van der Waals surface area contributed by atoms with Crippen molar-refractivity contribution in [2.45, 2.75) is 38.1 Å². The monoisotopic (exact) mass is 362 g/mol. The normalized spacial score (nSPS) is 23.8. The van der Waals surface area contributed by atoms with Gasteiger partial charge < -0.3 is 4.90 Å². The number of rotatable bonds is 4. The van der Waals surface area contributed by atoms with Crippen molar-refractivity contribution < 1.29 is 13.2 Å². The van der Waals surface area contributed by atoms with Gasteiger partial charge in [0.2, 0.25) is 5.91 Å². The molecule has 1 amide bonds. The Labute approximate surface area is 150 Å². The van der Waals surface area contributed by atoms with E-state index < -0.39 is 15.9 Å². The SMILES string of the molecule is O=C(CN1CCCCCCC1)N(c1ccccc1)[C@H]1C=CS(=O)(=O)C1. The molecule has 1 aromatic rings. The van der Waals surface area contributed by atoms with Crippen LogP contribution in [0.4, 0.5) is 5.69 Å². The van der Waals surface area contributed by atoms with Gasteiger partial charge in [-0.15, -0.1) is 0 Å². The molecule has 2 aliphatic heterocycles. The van der Waals surface area contributed by atoms with Crippen LogP contribution in [0, 0.1) is 0 Å². The maximum Gasteiger partial charge on any atom is 0.241 e. The molecule has 0 unspecified atom stereocenters. The second-order valence-electron chi connectivity index (χ2n) is 6.87. The van der Waals surface area contributed by atoms with Gasteiger partial charge in [0.1, 0.15) is 0 Å². The summed E-state index contributed by atoms with van der Waals surface area (Å²) in [5.41, 5.74) is 0.756. The Bertz CT molecular complexity index is 707. The van der Waals surface area contributed by atoms with Gasteiger partial charge in [0.15, 0.2) is 9.84 Å². The van der Waals surface area contributed by atoms with E-state index in [0.717, 1.165) is 31.6 Å². The lowest BCUT2D eigenvalue weighted by atomic mass is 10.1. The molecule has 1 saturated heterocycles. The average Bonchev–Trinajstić information content (AvgIpc) is 2.91. The van der Waals surface area contributed by atoms with Crippen molar-refractivity contribution in [1.82, 2.24) is 4.90 Å². The third-order valence-electron chi connectivity index (χ3n) is 4.85. The molecule has 0 aromatic heterocycles. The van der Waals surface area contributed by atoms with Crippen LogP contribution in [0.2, 0.25) is 0 Å². The summed E-state index contributed by atoms with van der Waals surface area (Å²) >= 11 is 0. The Kier molecular flexibility index (Phi) is 5.91. The Morgan fingerprint density at radius 3 is 2.28 bits per heavy atom. The molecule has 25 heavy (non-hydrogen) atoms. The van der Waals surface area contributed by atoms with Crippen molar-refractivity contribution in [3.8, 4) is 0 Å². The van der Waals surface area contributed by atoms with Crippen LogP contribution in [0.5, 0.6) is 0 Å². The number of sulfone groups is 1. The topological polar surface area (TPSA) is 57.7 Å². The van der Waals surface area contributed by atoms with Crippen LogP contribution in [0.3, 0.4) is 0 Å². The van der Waals surface area contributed by atoms with Crippen molar-refractivity contribution in [2.75, 3.05) is 30.3 Å². The van der Waals surface area contributed by atoms with E-state index in [4.69, 9.17) is 0 Å². The van der Waals surface area contributed by atoms with E-state index in [-0.39, 0.29) is 11.7 Å². The van der Waals surface area contributed by atoms with Crippen LogP contribution in [-0.4, -0.2) is 50.7 Å². The minimum Gasteiger partial charge on any atom is -0.303 e. The third-order valence-corrected chi connectivity index (χ3v) is 6.23. The molecule has 0 bridgehead atoms. The fraction of sp³-hybridized carbons (Fsp3) is 0.526. The predicted molar refractivity (Wildman–Crippen MR) is 100 cm³/mol. The van der Waals surface area contributed by atoms with E-state index in [0.29, 0.717) is 6.54 Å². The fourth-order valence-electron chi connectivity index (χ4n) is 3.57. The maximum absolute atomic E-state index is 13.1. The lowest BCUT2D eigenvalue weighted by Gasteiger charge is -2.31. The summed E-state index contributed by atoms with van der Waals surface area (Å²) in [6.07, 6.45) is 7.59. The minimum atomic E-state index is -3.21. The van der Waals surface area contributed by atoms with E-state index >= 15 is 0 Å². The zero-order valence-electron chi connectivity index (χ0n) is 14.5. The zero-order valence-corrected chi connectivity index (χ0v) is 15.3. The van der Waals surface area contributed by atoms with Gasteiger partial charge in [-0.25, -0.2) is 8.42 Å². The van der Waals surface area contributed by atoms with E-state index in [1.807, 2.05) is 30.3 Å². The number of anilines is 1. The largest absolute Gasteiger partial charge is 0.303 e. The highest BCUT2D eigenvalue weighted by molar-refractivity contribution is 7.94. The number of nitrogens with zero attached hydrogens (tertiary/aromatic N) is 2. The molecular formula is C19H26N2O3S. The highest BCUT2D eigenvalue weighted by Gasteiger charge is 2.31. The average molecular weight is 362 g/mol. The Morgan fingerprint density at radius 2 is 1.68 bits per heavy atom. The summed E-state index contributed by atoms with van der Waals surface area (Å²) in [6.45, 7) is 2.22. The van der Waals surface area contributed by atoms with Gasteiger partial charge in [0, 0.05) is 11.1 Å². The van der Waals surface area contributed by atoms with Crippen molar-refractivity contribution in [3.63, 3.8) is 0 Å². The van der Waals surface area contributed by atoms with Gasteiger partial charge in [-0.1, -0.05) is 37.5 Å². The molecule has 1 fully saturated rings. The van der Waals surface area contributed by atoms with Gasteiger partial charge in [-0.2, -0.15) is 0 Å². The van der Waals surface area contributed by atoms with Crippen molar-refractivity contribution in [3.05, 3.63) is 41.8 Å². The van der Waals surface area contributed by atoms with Gasteiger partial charge in [0.05, 0.1) is 18.3 Å². The summed E-state index contributed by atoms with van der Waals surface area (Å²) in [5.74, 6) is -0.0632.